The summed E-state index contributed by atoms with van der Waals surface area (Å²) in [6.45, 7) is 20.8. The van der Waals surface area contributed by atoms with Gasteiger partial charge in [-0.3, -0.25) is 48.1 Å². The summed E-state index contributed by atoms with van der Waals surface area (Å²) in [6.07, 6.45) is 2.53. The molecule has 568 valence electrons. The van der Waals surface area contributed by atoms with Crippen molar-refractivity contribution in [2.45, 2.75) is 232 Å². The van der Waals surface area contributed by atoms with Gasteiger partial charge in [0.05, 0.1) is 67.6 Å². The molecule has 0 aromatic heterocycles. The lowest BCUT2D eigenvalue weighted by Crippen LogP contribution is -2.60. The van der Waals surface area contributed by atoms with Gasteiger partial charge in [-0.1, -0.05) is 131 Å². The Kier molecular flexibility index (Phi) is 39.4. The van der Waals surface area contributed by atoms with Crippen LogP contribution in [0, 0.1) is 29.6 Å². The highest BCUT2D eigenvalue weighted by molar-refractivity contribution is 8.00. The largest absolute Gasteiger partial charge is 0.469 e. The van der Waals surface area contributed by atoms with Gasteiger partial charge in [-0.25, -0.2) is 9.59 Å². The molecule has 0 spiro atoms. The molecule has 1 aliphatic heterocycles. The average molecular weight is 1440 g/mol. The summed E-state index contributed by atoms with van der Waals surface area (Å²) in [4.78, 5) is 153. The lowest BCUT2D eigenvalue weighted by molar-refractivity contribution is -0.148. The van der Waals surface area contributed by atoms with Gasteiger partial charge < -0.3 is 76.8 Å². The Hall–Kier alpha value is -7.56. The fourth-order valence-electron chi connectivity index (χ4n) is 12.4. The maximum absolute atomic E-state index is 14.8. The predicted octanol–water partition coefficient (Wildman–Crippen LogP) is 6.73. The maximum Gasteiger partial charge on any atom is 0.410 e. The van der Waals surface area contributed by atoms with Gasteiger partial charge in [0.1, 0.15) is 30.8 Å². The van der Waals surface area contributed by atoms with E-state index in [9.17, 15) is 57.8 Å². The highest BCUT2D eigenvalue weighted by Crippen LogP contribution is 2.31. The molecule has 3 rings (SSSR count). The number of nitrogens with one attached hydrogen (secondary N) is 7. The second-order valence-corrected chi connectivity index (χ2v) is 28.7. The van der Waals surface area contributed by atoms with Gasteiger partial charge in [0.2, 0.25) is 47.3 Å². The number of anilines is 1. The molecular weight excluding hydrogens is 1320 g/mol. The van der Waals surface area contributed by atoms with Gasteiger partial charge in [0.15, 0.2) is 0 Å². The van der Waals surface area contributed by atoms with Gasteiger partial charge in [0, 0.05) is 60.1 Å². The number of nitrogens with zero attached hydrogens (tertiary/aromatic N) is 3. The van der Waals surface area contributed by atoms with E-state index in [1.54, 1.807) is 109 Å². The molecule has 1 aliphatic rings. The zero-order valence-corrected chi connectivity index (χ0v) is 63.4. The quantitative estimate of drug-likeness (QED) is 0.0245. The number of urea groups is 1. The van der Waals surface area contributed by atoms with E-state index in [4.69, 9.17) is 24.7 Å². The molecule has 13 atom stereocenters. The molecule has 1 heterocycles. The number of benzene rings is 2. The summed E-state index contributed by atoms with van der Waals surface area (Å²) >= 11 is 1.42. The first-order valence-electron chi connectivity index (χ1n) is 35.7. The fourth-order valence-corrected chi connectivity index (χ4v) is 13.7. The highest BCUT2D eigenvalue weighted by atomic mass is 32.2. The Bertz CT molecular complexity index is 2950. The normalized spacial score (nSPS) is 16.5. The SMILES string of the molecule is CCCCSC(CC(=O)OC)C(=O)NCCCCCC(=O)N[C@H](C(=O)N[C@@H](CCCNC(N)=O)C(=O)Nc1ccc(COC(=O)N(C)[C@H](C(=O)N[C@H](C(=O)N(C)[C@@H]([C@@H](C)CC)[C@@H](CC(=O)N2CCC[C@H]2[C@H](OC)[C@@H](C)C(=O)N[C@H](C)[C@@H](O)c2ccccc2)OC)C(C)C)C(C)C)cc1)C(C)C. The van der Waals surface area contributed by atoms with E-state index in [0.29, 0.717) is 68.4 Å². The number of ether oxygens (including phenoxy) is 4. The number of thioether (sulfide) groups is 1. The zero-order chi connectivity index (χ0) is 75.6. The third-order valence-corrected chi connectivity index (χ3v) is 19.9. The van der Waals surface area contributed by atoms with Crippen LogP contribution in [0.1, 0.15) is 177 Å². The van der Waals surface area contributed by atoms with Crippen molar-refractivity contribution in [2.75, 3.05) is 66.1 Å². The molecule has 27 nitrogen and oxygen atoms in total. The molecule has 28 heteroatoms. The lowest BCUT2D eigenvalue weighted by atomic mass is 9.89. The van der Waals surface area contributed by atoms with Gasteiger partial charge in [-0.15, -0.1) is 11.8 Å². The number of likely N-dealkylation sites (N-methyl/N-ethyl adjacent to an activating group) is 2. The van der Waals surface area contributed by atoms with Gasteiger partial charge in [-0.05, 0) is 105 Å². The third kappa shape index (κ3) is 28.7. The molecule has 0 radical (unpaired) electrons. The number of amides is 11. The van der Waals surface area contributed by atoms with Gasteiger partial charge in [-0.2, -0.15) is 0 Å². The molecule has 101 heavy (non-hydrogen) atoms. The lowest BCUT2D eigenvalue weighted by Gasteiger charge is -2.41. The molecule has 1 saturated heterocycles. The summed E-state index contributed by atoms with van der Waals surface area (Å²) in [5, 5.41) is 30.0. The van der Waals surface area contributed by atoms with E-state index >= 15 is 0 Å². The minimum absolute atomic E-state index is 0.0268. The Morgan fingerprint density at radius 1 is 0.683 bits per heavy atom. The molecular formula is C73H119N11O16S. The number of hydrogen-bond acceptors (Lipinski definition) is 17. The van der Waals surface area contributed by atoms with Crippen LogP contribution in [0.2, 0.25) is 0 Å². The molecule has 0 saturated carbocycles. The van der Waals surface area contributed by atoms with E-state index < -0.39 is 125 Å². The topological polar surface area (TPSA) is 365 Å². The highest BCUT2D eigenvalue weighted by Gasteiger charge is 2.44. The number of primary amides is 1. The van der Waals surface area contributed by atoms with Crippen LogP contribution in [0.3, 0.4) is 0 Å². The van der Waals surface area contributed by atoms with Crippen molar-refractivity contribution in [3.8, 4) is 0 Å². The molecule has 0 bridgehead atoms. The number of esters is 1. The Balaban J connectivity index is 1.66. The first-order chi connectivity index (χ1) is 47.9. The van der Waals surface area contributed by atoms with Crippen molar-refractivity contribution < 1.29 is 76.8 Å². The number of methoxy groups -OCH3 is 3. The molecule has 11 amide bonds. The van der Waals surface area contributed by atoms with Gasteiger partial charge in [0.25, 0.3) is 0 Å². The van der Waals surface area contributed by atoms with Gasteiger partial charge >= 0.3 is 18.1 Å². The van der Waals surface area contributed by atoms with Crippen molar-refractivity contribution in [3.05, 3.63) is 65.7 Å². The molecule has 0 aliphatic carbocycles. The van der Waals surface area contributed by atoms with Crippen molar-refractivity contribution in [2.24, 2.45) is 35.3 Å². The van der Waals surface area contributed by atoms with Crippen molar-refractivity contribution >= 4 is 82.8 Å². The fraction of sp³-hybridized carbons (Fsp3) is 0.685. The second-order valence-electron chi connectivity index (χ2n) is 27.4. The molecule has 1 unspecified atom stereocenters. The third-order valence-electron chi connectivity index (χ3n) is 18.6. The van der Waals surface area contributed by atoms with Crippen molar-refractivity contribution in [3.63, 3.8) is 0 Å². The minimum Gasteiger partial charge on any atom is -0.469 e. The summed E-state index contributed by atoms with van der Waals surface area (Å²) in [6, 6.07) is 8.75. The smallest absolute Gasteiger partial charge is 0.410 e. The van der Waals surface area contributed by atoms with Crippen LogP contribution in [0.5, 0.6) is 0 Å². The van der Waals surface area contributed by atoms with Crippen LogP contribution in [0.15, 0.2) is 54.6 Å². The first-order valence-corrected chi connectivity index (χ1v) is 36.8. The number of carbonyl (C=O) groups excluding carboxylic acids is 11. The number of nitrogens with two attached hydrogens (primary N) is 1. The first kappa shape index (κ1) is 87.7. The average Bonchev–Trinajstić information content (AvgIpc) is 1.79. The Morgan fingerprint density at radius 2 is 1.34 bits per heavy atom. The Morgan fingerprint density at radius 3 is 1.92 bits per heavy atom. The molecule has 2 aromatic rings. The van der Waals surface area contributed by atoms with E-state index in [1.165, 1.54) is 45.0 Å². The molecule has 2 aromatic carbocycles. The minimum atomic E-state index is -1.12. The maximum atomic E-state index is 14.8. The number of carbonyl (C=O) groups is 11. The number of likely N-dealkylation sites (tertiary alicyclic amines) is 1. The molecule has 1 fully saturated rings. The summed E-state index contributed by atoms with van der Waals surface area (Å²) < 4.78 is 22.6. The summed E-state index contributed by atoms with van der Waals surface area (Å²) in [5.74, 6) is -5.22. The van der Waals surface area contributed by atoms with Crippen molar-refractivity contribution in [1.29, 1.82) is 0 Å². The van der Waals surface area contributed by atoms with Crippen LogP contribution < -0.4 is 43.0 Å². The van der Waals surface area contributed by atoms with Crippen LogP contribution in [-0.2, 0) is 68.7 Å². The number of aliphatic hydroxyl groups is 1. The van der Waals surface area contributed by atoms with E-state index in [0.717, 1.165) is 18.6 Å². The van der Waals surface area contributed by atoms with Crippen LogP contribution in [0.25, 0.3) is 0 Å². The molecule has 10 N–H and O–H groups in total. The van der Waals surface area contributed by atoms with E-state index in [1.807, 2.05) is 39.0 Å². The number of hydrogen-bond donors (Lipinski definition) is 9. The van der Waals surface area contributed by atoms with Crippen molar-refractivity contribution in [1.82, 2.24) is 46.6 Å². The van der Waals surface area contributed by atoms with E-state index in [2.05, 4.69) is 37.2 Å². The second kappa shape index (κ2) is 45.4. The predicted molar refractivity (Wildman–Crippen MR) is 388 cm³/mol. The van der Waals surface area contributed by atoms with Crippen LogP contribution in [-0.4, -0.2) is 206 Å². The number of rotatable bonds is 45. The number of unbranched alkanes of at least 4 members (excludes halogenated alkanes) is 3. The Labute approximate surface area is 602 Å². The summed E-state index contributed by atoms with van der Waals surface area (Å²) in [5.41, 5.74) is 6.80. The van der Waals surface area contributed by atoms with E-state index in [-0.39, 0.29) is 80.7 Å². The summed E-state index contributed by atoms with van der Waals surface area (Å²) in [7, 11) is 7.37. The number of aliphatic hydroxyl groups excluding tert-OH is 1. The van der Waals surface area contributed by atoms with Crippen LogP contribution >= 0.6 is 11.8 Å². The zero-order valence-electron chi connectivity index (χ0n) is 62.6. The van der Waals surface area contributed by atoms with Crippen LogP contribution in [0.4, 0.5) is 15.3 Å². The monoisotopic (exact) mass is 1440 g/mol. The standard InChI is InChI=1S/C73H119N11O16S/c1-17-19-40-101-56(42-59(87)98-15)68(91)75-37-25-21-24-32-57(85)80-60(44(3)4)69(92)79-53(30-26-38-76-72(74)95)67(90)78-52-35-33-50(34-36-52)43-100-73(96)83(13)62(46(7)8)70(93)81-61(45(5)6)71(94)82(12)63(47(9)18-2)55(97-14)41-58(86)84-39-27-31-54(84)65(99-16)48(10)66(89)77-49(11)64(88)51-28-22-20-23-29-51/h20,22-23,28-29,33-36,44-49,53-56,60-65,88H,17-19,21,24-27,30-32,37-43H2,1-16H3,(H,75,91)(H,77,89)(H,78,90)(H,79,92)(H,80,85)(H,81,93)(H3,74,76,95)/t47-,48+,49+,53-,54-,55+,56?,60-,61-,62-,63-,64+,65+/m0/s1.